The monoisotopic (exact) mass is 225 g/mol. The van der Waals surface area contributed by atoms with Crippen molar-refractivity contribution in [2.24, 2.45) is 11.7 Å². The molecule has 0 spiro atoms. The van der Waals surface area contributed by atoms with Gasteiger partial charge in [0.1, 0.15) is 10.0 Å². The minimum Gasteiger partial charge on any atom is -0.330 e. The maximum Gasteiger partial charge on any atom is 0.118 e. The van der Waals surface area contributed by atoms with E-state index in [1.165, 1.54) is 37.1 Å². The third kappa shape index (κ3) is 3.24. The number of hydrogen-bond donors (Lipinski definition) is 1. The van der Waals surface area contributed by atoms with E-state index in [4.69, 9.17) is 5.73 Å². The smallest absolute Gasteiger partial charge is 0.118 e. The van der Waals surface area contributed by atoms with Gasteiger partial charge in [-0.15, -0.1) is 21.5 Å². The van der Waals surface area contributed by atoms with E-state index < -0.39 is 0 Å². The first-order valence-electron chi connectivity index (χ1n) is 5.90. The summed E-state index contributed by atoms with van der Waals surface area (Å²) in [7, 11) is 0. The highest BCUT2D eigenvalue weighted by molar-refractivity contribution is 7.11. The molecule has 0 atom stereocenters. The molecular formula is C11H19N3S. The van der Waals surface area contributed by atoms with Crippen LogP contribution in [0.4, 0.5) is 0 Å². The Kier molecular flexibility index (Phi) is 4.09. The van der Waals surface area contributed by atoms with E-state index in [9.17, 15) is 0 Å². The molecule has 0 unspecified atom stereocenters. The molecule has 3 nitrogen and oxygen atoms in total. The maximum absolute atomic E-state index is 5.49. The molecule has 0 aromatic carbocycles. The molecule has 1 aliphatic carbocycles. The predicted octanol–water partition coefficient (Wildman–Crippen LogP) is 2.16. The molecule has 2 rings (SSSR count). The van der Waals surface area contributed by atoms with Gasteiger partial charge in [0, 0.05) is 12.8 Å². The van der Waals surface area contributed by atoms with Gasteiger partial charge in [0.25, 0.3) is 0 Å². The molecule has 0 bridgehead atoms. The average molecular weight is 225 g/mol. The Morgan fingerprint density at radius 3 is 2.60 bits per heavy atom. The van der Waals surface area contributed by atoms with Crippen LogP contribution in [0.25, 0.3) is 0 Å². The summed E-state index contributed by atoms with van der Waals surface area (Å²) in [6.45, 7) is 0.679. The number of nitrogens with two attached hydrogens (primary N) is 1. The Morgan fingerprint density at radius 1 is 1.13 bits per heavy atom. The summed E-state index contributed by atoms with van der Waals surface area (Å²) in [5, 5.41) is 10.7. The molecule has 1 fully saturated rings. The summed E-state index contributed by atoms with van der Waals surface area (Å²) in [4.78, 5) is 0. The Hall–Kier alpha value is -0.480. The van der Waals surface area contributed by atoms with Crippen LogP contribution in [0, 0.1) is 5.92 Å². The van der Waals surface area contributed by atoms with Crippen molar-refractivity contribution >= 4 is 11.3 Å². The second kappa shape index (κ2) is 5.56. The van der Waals surface area contributed by atoms with Crippen LogP contribution in [0.1, 0.15) is 42.1 Å². The second-order valence-corrected chi connectivity index (χ2v) is 5.48. The normalized spacial score (nSPS) is 18.2. The summed E-state index contributed by atoms with van der Waals surface area (Å²) < 4.78 is 0. The van der Waals surface area contributed by atoms with Crippen molar-refractivity contribution in [3.05, 3.63) is 10.0 Å². The number of aromatic nitrogens is 2. The lowest BCUT2D eigenvalue weighted by atomic mass is 9.87. The fourth-order valence-electron chi connectivity index (χ4n) is 2.23. The molecule has 2 N–H and O–H groups in total. The molecule has 15 heavy (non-hydrogen) atoms. The highest BCUT2D eigenvalue weighted by Crippen LogP contribution is 2.27. The van der Waals surface area contributed by atoms with Gasteiger partial charge in [-0.1, -0.05) is 32.1 Å². The van der Waals surface area contributed by atoms with Gasteiger partial charge in [-0.25, -0.2) is 0 Å². The topological polar surface area (TPSA) is 51.8 Å². The lowest BCUT2D eigenvalue weighted by molar-refractivity contribution is 0.356. The molecule has 1 aromatic rings. The minimum atomic E-state index is 0.679. The number of hydrogen-bond acceptors (Lipinski definition) is 4. The average Bonchev–Trinajstić information content (AvgIpc) is 2.68. The van der Waals surface area contributed by atoms with Gasteiger partial charge < -0.3 is 5.73 Å². The van der Waals surface area contributed by atoms with Crippen LogP contribution in [-0.2, 0) is 12.8 Å². The van der Waals surface area contributed by atoms with E-state index in [2.05, 4.69) is 10.2 Å². The fourth-order valence-corrected chi connectivity index (χ4v) is 3.21. The van der Waals surface area contributed by atoms with Crippen molar-refractivity contribution in [2.75, 3.05) is 6.54 Å². The lowest BCUT2D eigenvalue weighted by Gasteiger charge is -2.19. The van der Waals surface area contributed by atoms with Gasteiger partial charge in [0.2, 0.25) is 0 Å². The van der Waals surface area contributed by atoms with Crippen LogP contribution in [-0.4, -0.2) is 16.7 Å². The van der Waals surface area contributed by atoms with E-state index >= 15 is 0 Å². The van der Waals surface area contributed by atoms with Crippen molar-refractivity contribution in [1.29, 1.82) is 0 Å². The zero-order valence-corrected chi connectivity index (χ0v) is 9.93. The Balaban J connectivity index is 1.86. The highest BCUT2D eigenvalue weighted by atomic mass is 32.1. The van der Waals surface area contributed by atoms with E-state index in [0.29, 0.717) is 6.54 Å². The van der Waals surface area contributed by atoms with Crippen LogP contribution in [0.15, 0.2) is 0 Å². The Labute approximate surface area is 95.1 Å². The summed E-state index contributed by atoms with van der Waals surface area (Å²) in [6.07, 6.45) is 9.01. The van der Waals surface area contributed by atoms with Crippen molar-refractivity contribution in [3.63, 3.8) is 0 Å². The second-order valence-electron chi connectivity index (χ2n) is 4.34. The standard InChI is InChI=1S/C11H19N3S/c12-7-6-10-13-14-11(15-10)8-9-4-2-1-3-5-9/h9H,1-8,12H2. The first-order chi connectivity index (χ1) is 7.38. The first kappa shape index (κ1) is 11.0. The van der Waals surface area contributed by atoms with Gasteiger partial charge in [-0.05, 0) is 12.5 Å². The molecule has 1 aliphatic rings. The Morgan fingerprint density at radius 2 is 1.87 bits per heavy atom. The fraction of sp³-hybridized carbons (Fsp3) is 0.818. The lowest BCUT2D eigenvalue weighted by Crippen LogP contribution is -2.08. The van der Waals surface area contributed by atoms with Crippen LogP contribution in [0.3, 0.4) is 0 Å². The SMILES string of the molecule is NCCc1nnc(CC2CCCCC2)s1. The third-order valence-corrected chi connectivity index (χ3v) is 4.06. The van der Waals surface area contributed by atoms with Crippen LogP contribution in [0.2, 0.25) is 0 Å². The van der Waals surface area contributed by atoms with E-state index in [0.717, 1.165) is 23.8 Å². The van der Waals surface area contributed by atoms with Gasteiger partial charge in [-0.3, -0.25) is 0 Å². The van der Waals surface area contributed by atoms with Crippen LogP contribution < -0.4 is 5.73 Å². The first-order valence-corrected chi connectivity index (χ1v) is 6.71. The molecule has 1 aromatic heterocycles. The van der Waals surface area contributed by atoms with E-state index in [1.54, 1.807) is 11.3 Å². The van der Waals surface area contributed by atoms with E-state index in [-0.39, 0.29) is 0 Å². The zero-order chi connectivity index (χ0) is 10.5. The van der Waals surface area contributed by atoms with Gasteiger partial charge >= 0.3 is 0 Å². The summed E-state index contributed by atoms with van der Waals surface area (Å²) in [5.74, 6) is 0.859. The van der Waals surface area contributed by atoms with Crippen molar-refractivity contribution < 1.29 is 0 Å². The molecule has 0 radical (unpaired) electrons. The van der Waals surface area contributed by atoms with Gasteiger partial charge in [0.15, 0.2) is 0 Å². The third-order valence-electron chi connectivity index (χ3n) is 3.05. The summed E-state index contributed by atoms with van der Waals surface area (Å²) >= 11 is 1.75. The highest BCUT2D eigenvalue weighted by Gasteiger charge is 2.16. The zero-order valence-electron chi connectivity index (χ0n) is 9.11. The van der Waals surface area contributed by atoms with Crippen molar-refractivity contribution in [1.82, 2.24) is 10.2 Å². The van der Waals surface area contributed by atoms with Crippen molar-refractivity contribution in [2.45, 2.75) is 44.9 Å². The molecule has 1 heterocycles. The van der Waals surface area contributed by atoms with E-state index in [1.807, 2.05) is 0 Å². The molecule has 84 valence electrons. The quantitative estimate of drug-likeness (QED) is 0.854. The van der Waals surface area contributed by atoms with Crippen LogP contribution >= 0.6 is 11.3 Å². The largest absolute Gasteiger partial charge is 0.330 e. The van der Waals surface area contributed by atoms with Gasteiger partial charge in [-0.2, -0.15) is 0 Å². The van der Waals surface area contributed by atoms with Gasteiger partial charge in [0.05, 0.1) is 0 Å². The Bertz CT molecular complexity index is 292. The number of rotatable bonds is 4. The van der Waals surface area contributed by atoms with Crippen molar-refractivity contribution in [3.8, 4) is 0 Å². The maximum atomic E-state index is 5.49. The molecule has 0 saturated heterocycles. The minimum absolute atomic E-state index is 0.679. The predicted molar refractivity (Wildman–Crippen MR) is 62.9 cm³/mol. The summed E-state index contributed by atoms with van der Waals surface area (Å²) in [6, 6.07) is 0. The molecule has 1 saturated carbocycles. The molecule has 0 amide bonds. The number of nitrogens with zero attached hydrogens (tertiary/aromatic N) is 2. The molecule has 4 heteroatoms. The molecular weight excluding hydrogens is 206 g/mol. The van der Waals surface area contributed by atoms with Crippen LogP contribution in [0.5, 0.6) is 0 Å². The summed E-state index contributed by atoms with van der Waals surface area (Å²) in [5.41, 5.74) is 5.49. The molecule has 0 aliphatic heterocycles.